The monoisotopic (exact) mass is 288 g/mol. The Hall–Kier alpha value is -2.57. The zero-order valence-corrected chi connectivity index (χ0v) is 12.5. The zero-order valence-electron chi connectivity index (χ0n) is 12.5. The molecule has 2 aromatic heterocycles. The van der Waals surface area contributed by atoms with E-state index in [4.69, 9.17) is 0 Å². The SMILES string of the molecule is CN=C(NCC(=O)N(C)C)NCc1cn2ccccc2n1. The van der Waals surface area contributed by atoms with Gasteiger partial charge in [-0.15, -0.1) is 0 Å². The van der Waals surface area contributed by atoms with E-state index in [0.29, 0.717) is 12.5 Å². The predicted octanol–water partition coefficient (Wildman–Crippen LogP) is 0.0875. The Bertz CT molecular complexity index is 613. The Balaban J connectivity index is 1.89. The summed E-state index contributed by atoms with van der Waals surface area (Å²) in [6, 6.07) is 5.86. The number of carbonyl (C=O) groups excluding carboxylic acids is 1. The maximum atomic E-state index is 11.5. The molecule has 0 spiro atoms. The first-order valence-corrected chi connectivity index (χ1v) is 6.67. The Kier molecular flexibility index (Phi) is 4.76. The van der Waals surface area contributed by atoms with Crippen LogP contribution in [0.2, 0.25) is 0 Å². The maximum Gasteiger partial charge on any atom is 0.241 e. The molecule has 2 aromatic rings. The van der Waals surface area contributed by atoms with Crippen LogP contribution >= 0.6 is 0 Å². The number of nitrogens with zero attached hydrogens (tertiary/aromatic N) is 4. The van der Waals surface area contributed by atoms with Crippen molar-refractivity contribution in [3.05, 3.63) is 36.3 Å². The molecule has 0 aliphatic rings. The van der Waals surface area contributed by atoms with Crippen molar-refractivity contribution in [2.45, 2.75) is 6.54 Å². The van der Waals surface area contributed by atoms with Gasteiger partial charge in [0, 0.05) is 33.5 Å². The largest absolute Gasteiger partial charge is 0.351 e. The number of fused-ring (bicyclic) bond motifs is 1. The van der Waals surface area contributed by atoms with E-state index in [1.54, 1.807) is 21.1 Å². The third-order valence-corrected chi connectivity index (χ3v) is 2.98. The van der Waals surface area contributed by atoms with Gasteiger partial charge in [-0.25, -0.2) is 4.98 Å². The third-order valence-electron chi connectivity index (χ3n) is 2.98. The molecular weight excluding hydrogens is 268 g/mol. The van der Waals surface area contributed by atoms with Gasteiger partial charge in [-0.05, 0) is 12.1 Å². The van der Waals surface area contributed by atoms with Gasteiger partial charge in [-0.2, -0.15) is 0 Å². The van der Waals surface area contributed by atoms with Crippen molar-refractivity contribution < 1.29 is 4.79 Å². The molecule has 7 heteroatoms. The molecule has 2 N–H and O–H groups in total. The van der Waals surface area contributed by atoms with Crippen molar-refractivity contribution in [3.63, 3.8) is 0 Å². The Morgan fingerprint density at radius 2 is 2.19 bits per heavy atom. The molecule has 2 rings (SSSR count). The lowest BCUT2D eigenvalue weighted by Crippen LogP contribution is -2.42. The molecule has 2 heterocycles. The molecule has 0 fully saturated rings. The van der Waals surface area contributed by atoms with Crippen LogP contribution in [-0.2, 0) is 11.3 Å². The molecule has 0 saturated heterocycles. The summed E-state index contributed by atoms with van der Waals surface area (Å²) in [7, 11) is 5.10. The topological polar surface area (TPSA) is 74.0 Å². The van der Waals surface area contributed by atoms with Gasteiger partial charge < -0.3 is 19.9 Å². The van der Waals surface area contributed by atoms with Gasteiger partial charge in [0.2, 0.25) is 5.91 Å². The van der Waals surface area contributed by atoms with E-state index in [2.05, 4.69) is 20.6 Å². The number of hydrogen-bond donors (Lipinski definition) is 2. The number of pyridine rings is 1. The minimum Gasteiger partial charge on any atom is -0.351 e. The van der Waals surface area contributed by atoms with E-state index < -0.39 is 0 Å². The number of aromatic nitrogens is 2. The molecule has 21 heavy (non-hydrogen) atoms. The minimum absolute atomic E-state index is 0.00863. The highest BCUT2D eigenvalue weighted by atomic mass is 16.2. The number of hydrogen-bond acceptors (Lipinski definition) is 3. The van der Waals surface area contributed by atoms with Crippen molar-refractivity contribution in [2.75, 3.05) is 27.7 Å². The molecule has 0 aliphatic carbocycles. The number of carbonyl (C=O) groups is 1. The molecule has 0 atom stereocenters. The first-order chi connectivity index (χ1) is 10.1. The van der Waals surface area contributed by atoms with Crippen molar-refractivity contribution in [1.82, 2.24) is 24.9 Å². The van der Waals surface area contributed by atoms with Gasteiger partial charge in [-0.3, -0.25) is 9.79 Å². The standard InChI is InChI=1S/C14H20N6O/c1-15-14(17-9-13(21)19(2)3)16-8-11-10-20-7-5-4-6-12(20)18-11/h4-7,10H,8-9H2,1-3H3,(H2,15,16,17). The van der Waals surface area contributed by atoms with Crippen LogP contribution < -0.4 is 10.6 Å². The highest BCUT2D eigenvalue weighted by Crippen LogP contribution is 2.03. The summed E-state index contributed by atoms with van der Waals surface area (Å²) in [5.41, 5.74) is 1.81. The summed E-state index contributed by atoms with van der Waals surface area (Å²) in [6.45, 7) is 0.745. The lowest BCUT2D eigenvalue weighted by molar-refractivity contribution is -0.127. The van der Waals surface area contributed by atoms with Crippen molar-refractivity contribution in [3.8, 4) is 0 Å². The van der Waals surface area contributed by atoms with Crippen LogP contribution in [0.4, 0.5) is 0 Å². The smallest absolute Gasteiger partial charge is 0.241 e. The van der Waals surface area contributed by atoms with E-state index >= 15 is 0 Å². The lowest BCUT2D eigenvalue weighted by atomic mass is 10.4. The maximum absolute atomic E-state index is 11.5. The molecule has 0 aromatic carbocycles. The van der Waals surface area contributed by atoms with Gasteiger partial charge in [0.25, 0.3) is 0 Å². The van der Waals surface area contributed by atoms with E-state index in [0.717, 1.165) is 11.3 Å². The summed E-state index contributed by atoms with van der Waals surface area (Å²) < 4.78 is 1.96. The van der Waals surface area contributed by atoms with Gasteiger partial charge in [0.05, 0.1) is 18.8 Å². The average molecular weight is 288 g/mol. The molecule has 112 valence electrons. The van der Waals surface area contributed by atoms with E-state index in [1.165, 1.54) is 4.90 Å². The fraction of sp³-hybridized carbons (Fsp3) is 0.357. The summed E-state index contributed by atoms with van der Waals surface area (Å²) in [6.07, 6.45) is 3.91. The average Bonchev–Trinajstić information content (AvgIpc) is 2.89. The van der Waals surface area contributed by atoms with Crippen LogP contribution in [0.5, 0.6) is 0 Å². The Morgan fingerprint density at radius 3 is 2.86 bits per heavy atom. The van der Waals surface area contributed by atoms with Gasteiger partial charge >= 0.3 is 0 Å². The quantitative estimate of drug-likeness (QED) is 0.617. The zero-order chi connectivity index (χ0) is 15.2. The third kappa shape index (κ3) is 3.95. The molecule has 0 saturated carbocycles. The van der Waals surface area contributed by atoms with Crippen LogP contribution in [0.1, 0.15) is 5.69 Å². The second-order valence-electron chi connectivity index (χ2n) is 4.77. The first kappa shape index (κ1) is 14.8. The van der Waals surface area contributed by atoms with Crippen LogP contribution in [0.15, 0.2) is 35.6 Å². The number of guanidine groups is 1. The number of likely N-dealkylation sites (N-methyl/N-ethyl adjacent to an activating group) is 1. The van der Waals surface area contributed by atoms with Crippen molar-refractivity contribution in [2.24, 2.45) is 4.99 Å². The molecule has 7 nitrogen and oxygen atoms in total. The number of rotatable bonds is 4. The number of amides is 1. The molecule has 0 bridgehead atoms. The highest BCUT2D eigenvalue weighted by Gasteiger charge is 2.06. The second kappa shape index (κ2) is 6.74. The van der Waals surface area contributed by atoms with Crippen molar-refractivity contribution in [1.29, 1.82) is 0 Å². The van der Waals surface area contributed by atoms with Gasteiger partial charge in [-0.1, -0.05) is 6.07 Å². The van der Waals surface area contributed by atoms with Gasteiger partial charge in [0.15, 0.2) is 5.96 Å². The molecule has 0 radical (unpaired) electrons. The summed E-state index contributed by atoms with van der Waals surface area (Å²) in [4.78, 5) is 21.6. The minimum atomic E-state index is -0.00863. The molecular formula is C14H20N6O. The van der Waals surface area contributed by atoms with Crippen LogP contribution in [0, 0.1) is 0 Å². The lowest BCUT2D eigenvalue weighted by Gasteiger charge is -2.13. The van der Waals surface area contributed by atoms with Gasteiger partial charge in [0.1, 0.15) is 5.65 Å². The number of imidazole rings is 1. The molecule has 0 unspecified atom stereocenters. The van der Waals surface area contributed by atoms with E-state index in [1.807, 2.05) is 35.0 Å². The number of nitrogens with one attached hydrogen (secondary N) is 2. The summed E-state index contributed by atoms with van der Waals surface area (Å²) in [5.74, 6) is 0.563. The van der Waals surface area contributed by atoms with Crippen LogP contribution in [-0.4, -0.2) is 53.8 Å². The fourth-order valence-corrected chi connectivity index (χ4v) is 1.78. The summed E-state index contributed by atoms with van der Waals surface area (Å²) >= 11 is 0. The Morgan fingerprint density at radius 1 is 1.38 bits per heavy atom. The normalized spacial score (nSPS) is 11.5. The van der Waals surface area contributed by atoms with E-state index in [9.17, 15) is 4.79 Å². The van der Waals surface area contributed by atoms with E-state index in [-0.39, 0.29) is 12.5 Å². The molecule has 0 aliphatic heterocycles. The summed E-state index contributed by atoms with van der Waals surface area (Å²) in [5, 5.41) is 6.10. The number of aliphatic imine (C=N–C) groups is 1. The second-order valence-corrected chi connectivity index (χ2v) is 4.77. The first-order valence-electron chi connectivity index (χ1n) is 6.67. The predicted molar refractivity (Wildman–Crippen MR) is 82.1 cm³/mol. The van der Waals surface area contributed by atoms with Crippen molar-refractivity contribution >= 4 is 17.5 Å². The fourth-order valence-electron chi connectivity index (χ4n) is 1.78. The highest BCUT2D eigenvalue weighted by molar-refractivity contribution is 5.86. The Labute approximate surface area is 123 Å². The molecule has 1 amide bonds. The van der Waals surface area contributed by atoms with Crippen LogP contribution in [0.3, 0.4) is 0 Å². The van der Waals surface area contributed by atoms with Crippen LogP contribution in [0.25, 0.3) is 5.65 Å².